The summed E-state index contributed by atoms with van der Waals surface area (Å²) in [6.07, 6.45) is 3.66. The van der Waals surface area contributed by atoms with E-state index in [2.05, 4.69) is 15.1 Å². The fraction of sp³-hybridized carbons (Fsp3) is 0.667. The lowest BCUT2D eigenvalue weighted by Gasteiger charge is -2.26. The number of carbonyl (C=O) groups is 1. The Balaban J connectivity index is 2.10. The number of methoxy groups -OCH3 is 1. The van der Waals surface area contributed by atoms with Crippen molar-refractivity contribution >= 4 is 17.6 Å². The number of aliphatic carboxylic acids is 1. The molecule has 0 bridgehead atoms. The Labute approximate surface area is 140 Å². The number of nitroso groups, excluding NO2 is 1. The monoisotopic (exact) mass is 338 g/mol. The van der Waals surface area contributed by atoms with Gasteiger partial charge in [0, 0.05) is 44.0 Å². The Hall–Kier alpha value is -2.13. The van der Waals surface area contributed by atoms with Crippen molar-refractivity contribution in [2.45, 2.75) is 31.9 Å². The summed E-state index contributed by atoms with van der Waals surface area (Å²) >= 11 is 0. The van der Waals surface area contributed by atoms with Crippen LogP contribution in [0.5, 0.6) is 0 Å². The molecule has 132 valence electrons. The van der Waals surface area contributed by atoms with Crippen molar-refractivity contribution in [1.29, 1.82) is 0 Å². The van der Waals surface area contributed by atoms with E-state index in [-0.39, 0.29) is 30.4 Å². The van der Waals surface area contributed by atoms with E-state index in [1.807, 2.05) is 11.8 Å². The van der Waals surface area contributed by atoms with E-state index in [9.17, 15) is 14.8 Å². The molecule has 2 rings (SSSR count). The summed E-state index contributed by atoms with van der Waals surface area (Å²) in [6.45, 7) is 3.71. The van der Waals surface area contributed by atoms with E-state index in [4.69, 9.17) is 9.47 Å². The zero-order chi connectivity index (χ0) is 17.5. The van der Waals surface area contributed by atoms with Gasteiger partial charge in [-0.2, -0.15) is 0 Å². The van der Waals surface area contributed by atoms with Crippen LogP contribution in [0.3, 0.4) is 0 Å². The van der Waals surface area contributed by atoms with Crippen LogP contribution in [0.1, 0.15) is 19.8 Å². The topological polar surface area (TPSA) is 114 Å². The highest BCUT2D eigenvalue weighted by Gasteiger charge is 2.41. The molecule has 1 aliphatic rings. The lowest BCUT2D eigenvalue weighted by atomic mass is 9.97. The van der Waals surface area contributed by atoms with Crippen LogP contribution in [0.15, 0.2) is 17.6 Å². The molecule has 3 atom stereocenters. The highest BCUT2D eigenvalue weighted by atomic mass is 16.5. The van der Waals surface area contributed by atoms with Crippen molar-refractivity contribution in [3.05, 3.63) is 17.3 Å². The van der Waals surface area contributed by atoms with Gasteiger partial charge in [0.05, 0.1) is 30.6 Å². The van der Waals surface area contributed by atoms with Crippen LogP contribution in [0.4, 0.5) is 11.6 Å². The molecule has 0 saturated carbocycles. The van der Waals surface area contributed by atoms with Crippen LogP contribution in [0, 0.1) is 10.8 Å². The Kier molecular flexibility index (Phi) is 6.56. The molecular formula is C15H22N4O5. The van der Waals surface area contributed by atoms with Gasteiger partial charge in [-0.25, -0.2) is 9.97 Å². The maximum Gasteiger partial charge on any atom is 0.305 e. The maximum atomic E-state index is 11.2. The van der Waals surface area contributed by atoms with Gasteiger partial charge in [0.1, 0.15) is 0 Å². The largest absolute Gasteiger partial charge is 0.481 e. The van der Waals surface area contributed by atoms with E-state index < -0.39 is 5.97 Å². The van der Waals surface area contributed by atoms with Crippen LogP contribution in [0.25, 0.3) is 0 Å². The Morgan fingerprint density at radius 3 is 2.71 bits per heavy atom. The molecule has 0 aliphatic carbocycles. The van der Waals surface area contributed by atoms with Gasteiger partial charge in [0.15, 0.2) is 0 Å². The average molecular weight is 338 g/mol. The normalized spacial score (nSPS) is 23.4. The summed E-state index contributed by atoms with van der Waals surface area (Å²) < 4.78 is 10.9. The number of rotatable bonds is 9. The molecule has 2 heterocycles. The molecule has 0 spiro atoms. The van der Waals surface area contributed by atoms with Gasteiger partial charge < -0.3 is 19.5 Å². The summed E-state index contributed by atoms with van der Waals surface area (Å²) in [5.74, 6) is -0.982. The summed E-state index contributed by atoms with van der Waals surface area (Å²) in [5, 5.41) is 11.9. The smallest absolute Gasteiger partial charge is 0.305 e. The summed E-state index contributed by atoms with van der Waals surface area (Å²) in [4.78, 5) is 31.3. The highest BCUT2D eigenvalue weighted by molar-refractivity contribution is 5.69. The molecule has 1 aromatic heterocycles. The molecule has 0 unspecified atom stereocenters. The third-order valence-corrected chi connectivity index (χ3v) is 4.22. The quantitative estimate of drug-likeness (QED) is 0.533. The SMILES string of the molecule is COCCCO[C@H]1CN(c2cnc(N=O)nc2)[C@@H](CC(=O)O)[C@@H]1C. The first-order chi connectivity index (χ1) is 11.6. The van der Waals surface area contributed by atoms with E-state index in [0.29, 0.717) is 25.4 Å². The van der Waals surface area contributed by atoms with Crippen molar-refractivity contribution in [3.63, 3.8) is 0 Å². The van der Waals surface area contributed by atoms with Gasteiger partial charge in [0.2, 0.25) is 0 Å². The first-order valence-corrected chi connectivity index (χ1v) is 7.81. The second kappa shape index (κ2) is 8.65. The number of hydrogen-bond acceptors (Lipinski definition) is 8. The minimum absolute atomic E-state index is 0.00716. The van der Waals surface area contributed by atoms with E-state index in [0.717, 1.165) is 6.42 Å². The predicted molar refractivity (Wildman–Crippen MR) is 86.3 cm³/mol. The van der Waals surface area contributed by atoms with Crippen LogP contribution >= 0.6 is 0 Å². The molecule has 9 heteroatoms. The summed E-state index contributed by atoms with van der Waals surface area (Å²) in [5.41, 5.74) is 0.656. The van der Waals surface area contributed by atoms with Gasteiger partial charge in [-0.1, -0.05) is 6.92 Å². The zero-order valence-corrected chi connectivity index (χ0v) is 13.8. The molecular weight excluding hydrogens is 316 g/mol. The summed E-state index contributed by atoms with van der Waals surface area (Å²) in [7, 11) is 1.64. The standard InChI is InChI=1S/C15H22N4O5/c1-10-12(6-14(20)21)19(9-13(10)24-5-3-4-23-2)11-7-16-15(18-22)17-8-11/h7-8,10,12-13H,3-6,9H2,1-2H3,(H,20,21)/t10-,12-,13-/m0/s1. The molecule has 1 saturated heterocycles. The van der Waals surface area contributed by atoms with Crippen molar-refractivity contribution in [2.75, 3.05) is 31.8 Å². The maximum absolute atomic E-state index is 11.2. The number of carboxylic acids is 1. The van der Waals surface area contributed by atoms with Crippen LogP contribution in [0.2, 0.25) is 0 Å². The Morgan fingerprint density at radius 1 is 1.42 bits per heavy atom. The molecule has 9 nitrogen and oxygen atoms in total. The fourth-order valence-corrected chi connectivity index (χ4v) is 2.95. The van der Waals surface area contributed by atoms with Crippen molar-refractivity contribution in [3.8, 4) is 0 Å². The lowest BCUT2D eigenvalue weighted by Crippen LogP contribution is -2.34. The van der Waals surface area contributed by atoms with Gasteiger partial charge in [-0.05, 0) is 6.42 Å². The van der Waals surface area contributed by atoms with Crippen molar-refractivity contribution in [1.82, 2.24) is 9.97 Å². The fourth-order valence-electron chi connectivity index (χ4n) is 2.95. The van der Waals surface area contributed by atoms with E-state index in [1.165, 1.54) is 12.4 Å². The number of hydrogen-bond donors (Lipinski definition) is 1. The molecule has 1 N–H and O–H groups in total. The third-order valence-electron chi connectivity index (χ3n) is 4.22. The van der Waals surface area contributed by atoms with Gasteiger partial charge in [-0.15, -0.1) is 4.91 Å². The second-order valence-electron chi connectivity index (χ2n) is 5.76. The molecule has 24 heavy (non-hydrogen) atoms. The number of ether oxygens (including phenoxy) is 2. The average Bonchev–Trinajstić information content (AvgIpc) is 2.88. The van der Waals surface area contributed by atoms with Gasteiger partial charge >= 0.3 is 5.97 Å². The first kappa shape index (κ1) is 18.2. The number of anilines is 1. The molecule has 0 amide bonds. The van der Waals surface area contributed by atoms with Gasteiger partial charge in [-0.3, -0.25) is 4.79 Å². The third kappa shape index (κ3) is 4.45. The van der Waals surface area contributed by atoms with E-state index in [1.54, 1.807) is 7.11 Å². The lowest BCUT2D eigenvalue weighted by molar-refractivity contribution is -0.137. The minimum atomic E-state index is -0.871. The van der Waals surface area contributed by atoms with Crippen LogP contribution in [-0.2, 0) is 14.3 Å². The first-order valence-electron chi connectivity index (χ1n) is 7.81. The predicted octanol–water partition coefficient (Wildman–Crippen LogP) is 1.60. The molecule has 0 aromatic carbocycles. The zero-order valence-electron chi connectivity index (χ0n) is 13.8. The minimum Gasteiger partial charge on any atom is -0.481 e. The molecule has 1 aromatic rings. The molecule has 1 aliphatic heterocycles. The molecule has 1 fully saturated rings. The van der Waals surface area contributed by atoms with Crippen molar-refractivity contribution < 1.29 is 19.4 Å². The number of aromatic nitrogens is 2. The van der Waals surface area contributed by atoms with Gasteiger partial charge in [0.25, 0.3) is 5.95 Å². The van der Waals surface area contributed by atoms with Crippen LogP contribution < -0.4 is 4.90 Å². The number of nitrogens with zero attached hydrogens (tertiary/aromatic N) is 4. The number of carboxylic acid groups (broad SMARTS) is 1. The van der Waals surface area contributed by atoms with Crippen molar-refractivity contribution in [2.24, 2.45) is 11.1 Å². The highest BCUT2D eigenvalue weighted by Crippen LogP contribution is 2.33. The molecule has 0 radical (unpaired) electrons. The Bertz CT molecular complexity index is 553. The van der Waals surface area contributed by atoms with E-state index >= 15 is 0 Å². The summed E-state index contributed by atoms with van der Waals surface area (Å²) in [6, 6.07) is -0.228. The Morgan fingerprint density at radius 2 is 2.12 bits per heavy atom. The second-order valence-corrected chi connectivity index (χ2v) is 5.76. The van der Waals surface area contributed by atoms with Crippen LogP contribution in [-0.4, -0.2) is 60.1 Å².